The topological polar surface area (TPSA) is 102 Å². The first-order chi connectivity index (χ1) is 15.7. The SMILES string of the molecule is O=C1CCC(S(=O)(=O)c2ccc(C(Oc3ccc(Cl)cc3)C(=O)Nc3ncc(F)s3)cc2)C1. The third-order valence-electron chi connectivity index (χ3n) is 5.16. The number of aromatic nitrogens is 1. The summed E-state index contributed by atoms with van der Waals surface area (Å²) in [6, 6.07) is 12.1. The van der Waals surface area contributed by atoms with E-state index in [9.17, 15) is 22.4 Å². The van der Waals surface area contributed by atoms with E-state index in [2.05, 4.69) is 10.3 Å². The number of ketones is 1. The second kappa shape index (κ2) is 9.58. The van der Waals surface area contributed by atoms with Gasteiger partial charge in [0, 0.05) is 23.4 Å². The van der Waals surface area contributed by atoms with Crippen molar-refractivity contribution in [1.29, 1.82) is 0 Å². The van der Waals surface area contributed by atoms with Gasteiger partial charge in [-0.15, -0.1) is 0 Å². The van der Waals surface area contributed by atoms with Crippen LogP contribution >= 0.6 is 22.9 Å². The summed E-state index contributed by atoms with van der Waals surface area (Å²) < 4.78 is 44.8. The molecule has 1 fully saturated rings. The van der Waals surface area contributed by atoms with Gasteiger partial charge in [-0.05, 0) is 42.8 Å². The van der Waals surface area contributed by atoms with E-state index in [-0.39, 0.29) is 28.7 Å². The van der Waals surface area contributed by atoms with Crippen molar-refractivity contribution in [3.63, 3.8) is 0 Å². The molecular weight excluding hydrogens is 491 g/mol. The number of amides is 1. The van der Waals surface area contributed by atoms with Gasteiger partial charge in [-0.25, -0.2) is 13.4 Å². The van der Waals surface area contributed by atoms with Gasteiger partial charge in [-0.1, -0.05) is 35.1 Å². The second-order valence-electron chi connectivity index (χ2n) is 7.43. The highest BCUT2D eigenvalue weighted by atomic mass is 35.5. The molecule has 0 bridgehead atoms. The maximum absolute atomic E-state index is 13.3. The molecule has 3 aromatic rings. The number of carbonyl (C=O) groups is 2. The molecule has 0 saturated heterocycles. The number of nitrogens with one attached hydrogen (secondary N) is 1. The summed E-state index contributed by atoms with van der Waals surface area (Å²) in [5, 5.41) is 1.77. The lowest BCUT2D eigenvalue weighted by Gasteiger charge is -2.19. The summed E-state index contributed by atoms with van der Waals surface area (Å²) in [6.07, 6.45) is 0.388. The third-order valence-corrected chi connectivity index (χ3v) is 8.33. The van der Waals surface area contributed by atoms with Crippen molar-refractivity contribution in [2.24, 2.45) is 0 Å². The van der Waals surface area contributed by atoms with Crippen LogP contribution in [0.4, 0.5) is 9.52 Å². The zero-order chi connectivity index (χ0) is 23.6. The first-order valence-corrected chi connectivity index (χ1v) is 12.7. The normalized spacial score (nSPS) is 17.0. The summed E-state index contributed by atoms with van der Waals surface area (Å²) in [6.45, 7) is 0. The predicted octanol–water partition coefficient (Wildman–Crippen LogP) is 4.59. The van der Waals surface area contributed by atoms with Crippen LogP contribution in [0.2, 0.25) is 5.02 Å². The molecule has 4 rings (SSSR count). The van der Waals surface area contributed by atoms with Gasteiger partial charge in [0.1, 0.15) is 11.5 Å². The van der Waals surface area contributed by atoms with Gasteiger partial charge < -0.3 is 4.74 Å². The lowest BCUT2D eigenvalue weighted by atomic mass is 10.1. The van der Waals surface area contributed by atoms with Crippen LogP contribution in [0.5, 0.6) is 5.75 Å². The van der Waals surface area contributed by atoms with Gasteiger partial charge >= 0.3 is 0 Å². The fourth-order valence-electron chi connectivity index (χ4n) is 3.47. The van der Waals surface area contributed by atoms with E-state index >= 15 is 0 Å². The molecule has 0 spiro atoms. The molecule has 1 aliphatic rings. The van der Waals surface area contributed by atoms with Crippen LogP contribution in [0.15, 0.2) is 59.6 Å². The van der Waals surface area contributed by atoms with Gasteiger partial charge in [0.05, 0.1) is 16.3 Å². The molecule has 0 radical (unpaired) electrons. The van der Waals surface area contributed by atoms with Crippen molar-refractivity contribution in [3.8, 4) is 5.75 Å². The molecule has 1 saturated carbocycles. The van der Waals surface area contributed by atoms with E-state index < -0.39 is 32.2 Å². The van der Waals surface area contributed by atoms with Crippen molar-refractivity contribution >= 4 is 49.6 Å². The molecule has 1 aliphatic carbocycles. The van der Waals surface area contributed by atoms with Crippen molar-refractivity contribution in [2.45, 2.75) is 35.5 Å². The number of carbonyl (C=O) groups excluding carboxylic acids is 2. The highest BCUT2D eigenvalue weighted by molar-refractivity contribution is 7.92. The van der Waals surface area contributed by atoms with Crippen molar-refractivity contribution in [2.75, 3.05) is 5.32 Å². The minimum atomic E-state index is -3.67. The highest BCUT2D eigenvalue weighted by Crippen LogP contribution is 2.30. The molecule has 2 aromatic carbocycles. The molecule has 1 heterocycles. The summed E-state index contributed by atoms with van der Waals surface area (Å²) in [7, 11) is -3.67. The van der Waals surface area contributed by atoms with E-state index in [1.807, 2.05) is 0 Å². The molecule has 33 heavy (non-hydrogen) atoms. The zero-order valence-corrected chi connectivity index (χ0v) is 19.4. The summed E-state index contributed by atoms with van der Waals surface area (Å²) in [4.78, 5) is 28.3. The average molecular weight is 509 g/mol. The zero-order valence-electron chi connectivity index (χ0n) is 17.0. The van der Waals surface area contributed by atoms with Crippen LogP contribution < -0.4 is 10.1 Å². The molecule has 11 heteroatoms. The Morgan fingerprint density at radius 3 is 2.45 bits per heavy atom. The van der Waals surface area contributed by atoms with Crippen LogP contribution in [0, 0.1) is 5.13 Å². The second-order valence-corrected chi connectivity index (χ2v) is 11.1. The Bertz CT molecular complexity index is 1280. The number of nitrogens with zero attached hydrogens (tertiary/aromatic N) is 1. The van der Waals surface area contributed by atoms with Crippen LogP contribution in [0.25, 0.3) is 0 Å². The van der Waals surface area contributed by atoms with E-state index in [0.717, 1.165) is 6.20 Å². The van der Waals surface area contributed by atoms with Gasteiger partial charge in [0.2, 0.25) is 6.10 Å². The Morgan fingerprint density at radius 2 is 1.88 bits per heavy atom. The number of sulfone groups is 1. The molecule has 0 aliphatic heterocycles. The minimum absolute atomic E-state index is 0.0131. The minimum Gasteiger partial charge on any atom is -0.476 e. The first kappa shape index (κ1) is 23.3. The number of Topliss-reactive ketones (excluding diaryl/α,β-unsaturated/α-hetero) is 1. The maximum Gasteiger partial charge on any atom is 0.271 e. The first-order valence-electron chi connectivity index (χ1n) is 9.92. The monoisotopic (exact) mass is 508 g/mol. The van der Waals surface area contributed by atoms with Gasteiger partial charge in [-0.3, -0.25) is 14.9 Å². The third kappa shape index (κ3) is 5.40. The van der Waals surface area contributed by atoms with E-state index in [1.165, 1.54) is 24.3 Å². The van der Waals surface area contributed by atoms with E-state index in [0.29, 0.717) is 34.1 Å². The summed E-state index contributed by atoms with van der Waals surface area (Å²) >= 11 is 6.57. The van der Waals surface area contributed by atoms with Gasteiger partial charge in [0.25, 0.3) is 5.91 Å². The smallest absolute Gasteiger partial charge is 0.271 e. The summed E-state index contributed by atoms with van der Waals surface area (Å²) in [5.74, 6) is -0.325. The quantitative estimate of drug-likeness (QED) is 0.500. The average Bonchev–Trinajstić information content (AvgIpc) is 3.41. The molecule has 2 unspecified atom stereocenters. The van der Waals surface area contributed by atoms with Crippen molar-refractivity contribution in [3.05, 3.63) is 70.4 Å². The Kier molecular flexibility index (Phi) is 6.78. The number of benzene rings is 2. The van der Waals surface area contributed by atoms with Crippen LogP contribution in [0.3, 0.4) is 0 Å². The molecule has 172 valence electrons. The number of halogens is 2. The van der Waals surface area contributed by atoms with Gasteiger partial charge in [-0.2, -0.15) is 4.39 Å². The van der Waals surface area contributed by atoms with E-state index in [4.69, 9.17) is 16.3 Å². The Hall–Kier alpha value is -2.82. The predicted molar refractivity (Wildman–Crippen MR) is 122 cm³/mol. The summed E-state index contributed by atoms with van der Waals surface area (Å²) in [5.41, 5.74) is 0.376. The van der Waals surface area contributed by atoms with Crippen molar-refractivity contribution < 1.29 is 27.1 Å². The van der Waals surface area contributed by atoms with Gasteiger partial charge in [0.15, 0.2) is 20.1 Å². The number of anilines is 1. The lowest BCUT2D eigenvalue weighted by molar-refractivity contribution is -0.123. The van der Waals surface area contributed by atoms with Crippen LogP contribution in [-0.2, 0) is 19.4 Å². The van der Waals surface area contributed by atoms with Crippen LogP contribution in [-0.4, -0.2) is 30.3 Å². The number of thiazole rings is 1. The number of ether oxygens (including phenoxy) is 1. The maximum atomic E-state index is 13.3. The Labute approximate surface area is 198 Å². The van der Waals surface area contributed by atoms with E-state index in [1.54, 1.807) is 24.3 Å². The molecule has 1 N–H and O–H groups in total. The molecule has 7 nitrogen and oxygen atoms in total. The number of rotatable bonds is 7. The molecule has 2 atom stereocenters. The van der Waals surface area contributed by atoms with Crippen LogP contribution in [0.1, 0.15) is 30.9 Å². The molecule has 1 aromatic heterocycles. The molecule has 1 amide bonds. The fourth-order valence-corrected chi connectivity index (χ4v) is 5.88. The Morgan fingerprint density at radius 1 is 1.18 bits per heavy atom. The lowest BCUT2D eigenvalue weighted by Crippen LogP contribution is -2.26. The Balaban J connectivity index is 1.60. The molecular formula is C22H18ClFN2O5S2. The largest absolute Gasteiger partial charge is 0.476 e. The fraction of sp³-hybridized carbons (Fsp3) is 0.227. The number of hydrogen-bond donors (Lipinski definition) is 1. The number of hydrogen-bond acceptors (Lipinski definition) is 7. The highest BCUT2D eigenvalue weighted by Gasteiger charge is 2.34. The standard InChI is InChI=1S/C22H18ClFN2O5S2/c23-14-3-6-16(7-4-14)31-20(21(28)26-22-25-12-19(24)32-22)13-1-8-17(9-2-13)33(29,30)18-10-5-15(27)11-18/h1-4,6-9,12,18,20H,5,10-11H2,(H,25,26,28). The van der Waals surface area contributed by atoms with Crippen molar-refractivity contribution in [1.82, 2.24) is 4.98 Å².